The molecular formula is C26H24N2O5S. The molecule has 4 aromatic rings. The van der Waals surface area contributed by atoms with E-state index in [2.05, 4.69) is 5.32 Å². The van der Waals surface area contributed by atoms with E-state index in [0.29, 0.717) is 22.6 Å². The molecule has 3 aromatic carbocycles. The Bertz CT molecular complexity index is 1500. The first kappa shape index (κ1) is 23.3. The van der Waals surface area contributed by atoms with Crippen LogP contribution in [0.2, 0.25) is 0 Å². The lowest BCUT2D eigenvalue weighted by Crippen LogP contribution is -2.12. The normalized spacial score (nSPS) is 12.1. The summed E-state index contributed by atoms with van der Waals surface area (Å²) in [6, 6.07) is 17.6. The monoisotopic (exact) mass is 476 g/mol. The number of amides is 1. The average Bonchev–Trinajstić information content (AvgIpc) is 3.21. The molecule has 0 radical (unpaired) electrons. The van der Waals surface area contributed by atoms with Crippen LogP contribution in [0.25, 0.3) is 27.7 Å². The van der Waals surface area contributed by atoms with Crippen molar-refractivity contribution in [3.05, 3.63) is 84.1 Å². The van der Waals surface area contributed by atoms with E-state index in [0.717, 1.165) is 22.1 Å². The zero-order valence-corrected chi connectivity index (χ0v) is 19.8. The number of hydrogen-bond donors (Lipinski definition) is 2. The number of fused-ring (bicyclic) bond motifs is 1. The molecule has 0 saturated heterocycles. The van der Waals surface area contributed by atoms with Crippen molar-refractivity contribution in [2.45, 2.75) is 18.7 Å². The van der Waals surface area contributed by atoms with E-state index in [1.165, 1.54) is 35.9 Å². The Morgan fingerprint density at radius 2 is 1.74 bits per heavy atom. The topological polar surface area (TPSA) is 112 Å². The van der Waals surface area contributed by atoms with Gasteiger partial charge in [0, 0.05) is 34.3 Å². The molecule has 0 atom stereocenters. The Hall–Kier alpha value is -3.88. The number of hydrogen-bond acceptors (Lipinski definition) is 5. The highest BCUT2D eigenvalue weighted by atomic mass is 32.2. The molecule has 4 rings (SSSR count). The number of methoxy groups -OCH3 is 1. The van der Waals surface area contributed by atoms with Gasteiger partial charge in [0.2, 0.25) is 15.9 Å². The molecule has 0 fully saturated rings. The number of nitrogens with one attached hydrogen (secondary N) is 1. The lowest BCUT2D eigenvalue weighted by Gasteiger charge is -2.10. The van der Waals surface area contributed by atoms with Gasteiger partial charge < -0.3 is 14.5 Å². The van der Waals surface area contributed by atoms with Gasteiger partial charge in [-0.3, -0.25) is 4.79 Å². The number of furan rings is 1. The highest BCUT2D eigenvalue weighted by Crippen LogP contribution is 2.37. The standard InChI is InChI=1S/C26H24N2O5S/c1-16-4-6-18(7-5-16)23-15-33-25-14-24(32-3)21(13-22(23)25)17(2)12-26(29)28-19-8-10-20(11-9-19)34(27,30)31/h4-15H,1-3H3,(H,28,29)(H2,27,30,31)/b17-12+. The number of primary sulfonamides is 1. The predicted octanol–water partition coefficient (Wildman–Crippen LogP) is 5.11. The number of carbonyl (C=O) groups excluding carboxylic acids is 1. The zero-order chi connectivity index (χ0) is 24.5. The lowest BCUT2D eigenvalue weighted by molar-refractivity contribution is -0.111. The van der Waals surface area contributed by atoms with Crippen molar-refractivity contribution in [1.29, 1.82) is 0 Å². The van der Waals surface area contributed by atoms with Gasteiger partial charge in [-0.1, -0.05) is 29.8 Å². The first-order valence-corrected chi connectivity index (χ1v) is 12.0. The minimum absolute atomic E-state index is 0.0280. The van der Waals surface area contributed by atoms with Crippen molar-refractivity contribution in [3.8, 4) is 16.9 Å². The van der Waals surface area contributed by atoms with E-state index >= 15 is 0 Å². The quantitative estimate of drug-likeness (QED) is 0.376. The van der Waals surface area contributed by atoms with Crippen molar-refractivity contribution in [3.63, 3.8) is 0 Å². The second-order valence-electron chi connectivity index (χ2n) is 7.95. The molecule has 0 bridgehead atoms. The van der Waals surface area contributed by atoms with Crippen LogP contribution < -0.4 is 15.2 Å². The van der Waals surface area contributed by atoms with E-state index in [1.54, 1.807) is 13.4 Å². The smallest absolute Gasteiger partial charge is 0.248 e. The van der Waals surface area contributed by atoms with Crippen molar-refractivity contribution in [2.24, 2.45) is 5.14 Å². The van der Waals surface area contributed by atoms with Crippen LogP contribution in [0.15, 0.2) is 82.3 Å². The summed E-state index contributed by atoms with van der Waals surface area (Å²) in [7, 11) is -2.23. The number of nitrogens with two attached hydrogens (primary N) is 1. The SMILES string of the molecule is COc1cc2occ(-c3ccc(C)cc3)c2cc1/C(C)=C/C(=O)Nc1ccc(S(N)(=O)=O)cc1. The summed E-state index contributed by atoms with van der Waals surface area (Å²) in [5.74, 6) is 0.213. The highest BCUT2D eigenvalue weighted by molar-refractivity contribution is 7.89. The fourth-order valence-electron chi connectivity index (χ4n) is 3.67. The maximum Gasteiger partial charge on any atom is 0.248 e. The van der Waals surface area contributed by atoms with Gasteiger partial charge in [-0.25, -0.2) is 13.6 Å². The molecule has 0 spiro atoms. The maximum absolute atomic E-state index is 12.6. The third-order valence-electron chi connectivity index (χ3n) is 5.48. The molecule has 0 aliphatic rings. The van der Waals surface area contributed by atoms with Crippen molar-refractivity contribution < 1.29 is 22.4 Å². The number of ether oxygens (including phenoxy) is 1. The minimum Gasteiger partial charge on any atom is -0.496 e. The van der Waals surface area contributed by atoms with Crippen LogP contribution in [0.3, 0.4) is 0 Å². The first-order chi connectivity index (χ1) is 16.2. The van der Waals surface area contributed by atoms with E-state index in [4.69, 9.17) is 14.3 Å². The Balaban J connectivity index is 1.65. The van der Waals surface area contributed by atoms with Crippen molar-refractivity contribution >= 4 is 38.2 Å². The largest absolute Gasteiger partial charge is 0.496 e. The second-order valence-corrected chi connectivity index (χ2v) is 9.51. The molecular weight excluding hydrogens is 452 g/mol. The van der Waals surface area contributed by atoms with Crippen molar-refractivity contribution in [1.82, 2.24) is 0 Å². The molecule has 0 aliphatic heterocycles. The molecule has 34 heavy (non-hydrogen) atoms. The van der Waals surface area contributed by atoms with Crippen LogP contribution in [-0.4, -0.2) is 21.4 Å². The number of sulfonamides is 1. The van der Waals surface area contributed by atoms with Crippen LogP contribution in [0, 0.1) is 6.92 Å². The Morgan fingerprint density at radius 1 is 1.06 bits per heavy atom. The Kier molecular flexibility index (Phi) is 6.28. The van der Waals surface area contributed by atoms with Gasteiger partial charge in [-0.05, 0) is 55.3 Å². The summed E-state index contributed by atoms with van der Waals surface area (Å²) in [6.45, 7) is 3.85. The molecule has 8 heteroatoms. The van der Waals surface area contributed by atoms with Gasteiger partial charge in [0.05, 0.1) is 18.3 Å². The minimum atomic E-state index is -3.80. The van der Waals surface area contributed by atoms with Gasteiger partial charge in [0.15, 0.2) is 0 Å². The number of aryl methyl sites for hydroxylation is 1. The molecule has 0 saturated carbocycles. The zero-order valence-electron chi connectivity index (χ0n) is 19.0. The summed E-state index contributed by atoms with van der Waals surface area (Å²) in [4.78, 5) is 12.6. The summed E-state index contributed by atoms with van der Waals surface area (Å²) < 4.78 is 34.1. The van der Waals surface area contributed by atoms with Crippen LogP contribution in [-0.2, 0) is 14.8 Å². The molecule has 1 heterocycles. The van der Waals surface area contributed by atoms with Crippen LogP contribution in [0.5, 0.6) is 5.75 Å². The van der Waals surface area contributed by atoms with Crippen LogP contribution >= 0.6 is 0 Å². The molecule has 0 unspecified atom stereocenters. The van der Waals surface area contributed by atoms with E-state index in [1.807, 2.05) is 50.2 Å². The summed E-state index contributed by atoms with van der Waals surface area (Å²) in [5.41, 5.74) is 5.72. The van der Waals surface area contributed by atoms with Crippen LogP contribution in [0.1, 0.15) is 18.1 Å². The van der Waals surface area contributed by atoms with Gasteiger partial charge in [-0.2, -0.15) is 0 Å². The first-order valence-electron chi connectivity index (χ1n) is 10.4. The fraction of sp³-hybridized carbons (Fsp3) is 0.115. The number of rotatable bonds is 6. The maximum atomic E-state index is 12.6. The highest BCUT2D eigenvalue weighted by Gasteiger charge is 2.15. The second kappa shape index (κ2) is 9.17. The molecule has 3 N–H and O–H groups in total. The number of benzene rings is 3. The van der Waals surface area contributed by atoms with Gasteiger partial charge in [0.1, 0.15) is 11.3 Å². The molecule has 1 aromatic heterocycles. The molecule has 174 valence electrons. The summed E-state index contributed by atoms with van der Waals surface area (Å²) in [5, 5.41) is 8.74. The molecule has 7 nitrogen and oxygen atoms in total. The number of carbonyl (C=O) groups is 1. The van der Waals surface area contributed by atoms with E-state index in [-0.39, 0.29) is 10.8 Å². The number of anilines is 1. The Labute approximate surface area is 197 Å². The van der Waals surface area contributed by atoms with E-state index in [9.17, 15) is 13.2 Å². The van der Waals surface area contributed by atoms with Crippen LogP contribution in [0.4, 0.5) is 5.69 Å². The Morgan fingerprint density at radius 3 is 2.35 bits per heavy atom. The average molecular weight is 477 g/mol. The third-order valence-corrected chi connectivity index (χ3v) is 6.41. The molecule has 1 amide bonds. The van der Waals surface area contributed by atoms with Gasteiger partial charge >= 0.3 is 0 Å². The predicted molar refractivity (Wildman–Crippen MR) is 133 cm³/mol. The third kappa shape index (κ3) is 4.88. The number of allylic oxidation sites excluding steroid dienone is 1. The lowest BCUT2D eigenvalue weighted by atomic mass is 9.99. The van der Waals surface area contributed by atoms with E-state index < -0.39 is 10.0 Å². The van der Waals surface area contributed by atoms with Crippen molar-refractivity contribution in [2.75, 3.05) is 12.4 Å². The van der Waals surface area contributed by atoms with Gasteiger partial charge in [-0.15, -0.1) is 0 Å². The summed E-state index contributed by atoms with van der Waals surface area (Å²) >= 11 is 0. The van der Waals surface area contributed by atoms with Gasteiger partial charge in [0.25, 0.3) is 0 Å². The fourth-order valence-corrected chi connectivity index (χ4v) is 4.18. The summed E-state index contributed by atoms with van der Waals surface area (Å²) in [6.07, 6.45) is 3.18. The molecule has 0 aliphatic carbocycles.